The first kappa shape index (κ1) is 11.5. The molecule has 16 heavy (non-hydrogen) atoms. The molecule has 2 nitrogen and oxygen atoms in total. The zero-order valence-electron chi connectivity index (χ0n) is 10.6. The molecule has 1 aliphatic rings. The molecule has 0 spiro atoms. The third-order valence-electron chi connectivity index (χ3n) is 3.73. The van der Waals surface area contributed by atoms with Crippen molar-refractivity contribution in [1.82, 2.24) is 0 Å². The summed E-state index contributed by atoms with van der Waals surface area (Å²) in [4.78, 5) is 2.36. The Bertz CT molecular complexity index is 380. The second kappa shape index (κ2) is 4.10. The average Bonchev–Trinajstić information content (AvgIpc) is 2.98. The quantitative estimate of drug-likeness (QED) is 0.841. The molecule has 0 atom stereocenters. The van der Waals surface area contributed by atoms with Gasteiger partial charge in [-0.1, -0.05) is 17.7 Å². The summed E-state index contributed by atoms with van der Waals surface area (Å²) in [5.74, 6) is 0. The summed E-state index contributed by atoms with van der Waals surface area (Å²) in [6, 6.07) is 6.64. The first-order valence-electron chi connectivity index (χ1n) is 6.05. The number of nitrogens with two attached hydrogens (primary N) is 1. The van der Waals surface area contributed by atoms with Crippen LogP contribution < -0.4 is 10.6 Å². The molecule has 2 rings (SSSR count). The standard InChI is InChI=1S/C14H22N2/c1-11-4-5-13(12(2)8-11)16(3)10-14(9-15)6-7-14/h4-5,8H,6-7,9-10,15H2,1-3H3. The molecule has 0 aliphatic heterocycles. The number of anilines is 1. The Hall–Kier alpha value is -1.02. The SMILES string of the molecule is Cc1ccc(N(C)CC2(CN)CC2)c(C)c1. The van der Waals surface area contributed by atoms with E-state index in [0.29, 0.717) is 5.41 Å². The van der Waals surface area contributed by atoms with Gasteiger partial charge >= 0.3 is 0 Å². The number of aryl methyl sites for hydroxylation is 2. The van der Waals surface area contributed by atoms with E-state index in [9.17, 15) is 0 Å². The van der Waals surface area contributed by atoms with E-state index in [4.69, 9.17) is 5.73 Å². The van der Waals surface area contributed by atoms with E-state index in [-0.39, 0.29) is 0 Å². The van der Waals surface area contributed by atoms with E-state index in [1.54, 1.807) is 0 Å². The number of hydrogen-bond acceptors (Lipinski definition) is 2. The first-order chi connectivity index (χ1) is 7.56. The molecule has 0 radical (unpaired) electrons. The zero-order chi connectivity index (χ0) is 11.8. The maximum atomic E-state index is 5.83. The number of rotatable bonds is 4. The second-order valence-electron chi connectivity index (χ2n) is 5.35. The van der Waals surface area contributed by atoms with Crippen molar-refractivity contribution in [1.29, 1.82) is 0 Å². The van der Waals surface area contributed by atoms with Gasteiger partial charge in [-0.05, 0) is 44.9 Å². The van der Waals surface area contributed by atoms with Crippen molar-refractivity contribution >= 4 is 5.69 Å². The Morgan fingerprint density at radius 3 is 2.50 bits per heavy atom. The highest BCUT2D eigenvalue weighted by Gasteiger charge is 2.42. The first-order valence-corrected chi connectivity index (χ1v) is 6.05. The summed E-state index contributed by atoms with van der Waals surface area (Å²) >= 11 is 0. The van der Waals surface area contributed by atoms with Gasteiger partial charge in [0.2, 0.25) is 0 Å². The van der Waals surface area contributed by atoms with Gasteiger partial charge in [-0.15, -0.1) is 0 Å². The third-order valence-corrected chi connectivity index (χ3v) is 3.73. The van der Waals surface area contributed by atoms with Gasteiger partial charge in [0.1, 0.15) is 0 Å². The predicted octanol–water partition coefficient (Wildman–Crippen LogP) is 2.48. The van der Waals surface area contributed by atoms with Crippen LogP contribution in [0.25, 0.3) is 0 Å². The fraction of sp³-hybridized carbons (Fsp3) is 0.571. The second-order valence-corrected chi connectivity index (χ2v) is 5.35. The molecule has 0 unspecified atom stereocenters. The molecule has 0 heterocycles. The minimum absolute atomic E-state index is 0.409. The fourth-order valence-corrected chi connectivity index (χ4v) is 2.43. The van der Waals surface area contributed by atoms with Gasteiger partial charge in [0.15, 0.2) is 0 Å². The van der Waals surface area contributed by atoms with Crippen LogP contribution in [0, 0.1) is 19.3 Å². The highest BCUT2D eigenvalue weighted by atomic mass is 15.1. The largest absolute Gasteiger partial charge is 0.374 e. The average molecular weight is 218 g/mol. The van der Waals surface area contributed by atoms with Gasteiger partial charge in [0.25, 0.3) is 0 Å². The van der Waals surface area contributed by atoms with Crippen molar-refractivity contribution in [2.24, 2.45) is 11.1 Å². The molecule has 0 saturated heterocycles. The van der Waals surface area contributed by atoms with E-state index in [1.807, 2.05) is 0 Å². The number of hydrogen-bond donors (Lipinski definition) is 1. The van der Waals surface area contributed by atoms with Crippen molar-refractivity contribution < 1.29 is 0 Å². The number of nitrogens with zero attached hydrogens (tertiary/aromatic N) is 1. The number of benzene rings is 1. The van der Waals surface area contributed by atoms with Crippen LogP contribution in [-0.4, -0.2) is 20.1 Å². The molecule has 1 aromatic rings. The third kappa shape index (κ3) is 2.22. The van der Waals surface area contributed by atoms with Crippen LogP contribution in [0.4, 0.5) is 5.69 Å². The molecular weight excluding hydrogens is 196 g/mol. The molecule has 0 amide bonds. The van der Waals surface area contributed by atoms with Gasteiger partial charge in [-0.25, -0.2) is 0 Å². The van der Waals surface area contributed by atoms with Gasteiger partial charge in [-0.3, -0.25) is 0 Å². The highest BCUT2D eigenvalue weighted by molar-refractivity contribution is 5.54. The molecule has 1 fully saturated rings. The van der Waals surface area contributed by atoms with E-state index >= 15 is 0 Å². The smallest absolute Gasteiger partial charge is 0.0393 e. The molecule has 1 aliphatic carbocycles. The van der Waals surface area contributed by atoms with E-state index in [0.717, 1.165) is 13.1 Å². The Morgan fingerprint density at radius 1 is 1.31 bits per heavy atom. The molecule has 1 aromatic carbocycles. The fourth-order valence-electron chi connectivity index (χ4n) is 2.43. The molecule has 1 saturated carbocycles. The molecule has 0 bridgehead atoms. The van der Waals surface area contributed by atoms with E-state index in [1.165, 1.54) is 29.7 Å². The molecular formula is C14H22N2. The van der Waals surface area contributed by atoms with Crippen molar-refractivity contribution in [2.45, 2.75) is 26.7 Å². The monoisotopic (exact) mass is 218 g/mol. The topological polar surface area (TPSA) is 29.3 Å². The maximum Gasteiger partial charge on any atom is 0.0393 e. The summed E-state index contributed by atoms with van der Waals surface area (Å²) < 4.78 is 0. The summed E-state index contributed by atoms with van der Waals surface area (Å²) in [7, 11) is 2.17. The lowest BCUT2D eigenvalue weighted by Gasteiger charge is -2.26. The van der Waals surface area contributed by atoms with Crippen molar-refractivity contribution in [2.75, 3.05) is 25.0 Å². The molecule has 2 heteroatoms. The van der Waals surface area contributed by atoms with Crippen LogP contribution in [-0.2, 0) is 0 Å². The molecule has 0 aromatic heterocycles. The van der Waals surface area contributed by atoms with E-state index < -0.39 is 0 Å². The minimum atomic E-state index is 0.409. The maximum absolute atomic E-state index is 5.83. The van der Waals surface area contributed by atoms with Crippen LogP contribution in [0.3, 0.4) is 0 Å². The zero-order valence-corrected chi connectivity index (χ0v) is 10.6. The van der Waals surface area contributed by atoms with Gasteiger partial charge in [-0.2, -0.15) is 0 Å². The summed E-state index contributed by atoms with van der Waals surface area (Å²) in [6.45, 7) is 6.23. The predicted molar refractivity (Wildman–Crippen MR) is 69.9 cm³/mol. The lowest BCUT2D eigenvalue weighted by atomic mass is 10.1. The van der Waals surface area contributed by atoms with Gasteiger partial charge < -0.3 is 10.6 Å². The molecule has 2 N–H and O–H groups in total. The normalized spacial score (nSPS) is 17.2. The lowest BCUT2D eigenvalue weighted by Crippen LogP contribution is -2.31. The Balaban J connectivity index is 2.11. The highest BCUT2D eigenvalue weighted by Crippen LogP contribution is 2.45. The Kier molecular flexibility index (Phi) is 2.94. The van der Waals surface area contributed by atoms with E-state index in [2.05, 4.69) is 44.0 Å². The summed E-state index contributed by atoms with van der Waals surface area (Å²) in [5, 5.41) is 0. The Labute approximate surface area is 98.4 Å². The summed E-state index contributed by atoms with van der Waals surface area (Å²) in [5.41, 5.74) is 10.3. The Morgan fingerprint density at radius 2 is 2.00 bits per heavy atom. The van der Waals surface area contributed by atoms with Gasteiger partial charge in [0, 0.05) is 24.7 Å². The minimum Gasteiger partial charge on any atom is -0.374 e. The summed E-state index contributed by atoms with van der Waals surface area (Å²) in [6.07, 6.45) is 2.58. The van der Waals surface area contributed by atoms with Crippen LogP contribution in [0.5, 0.6) is 0 Å². The molecule has 88 valence electrons. The van der Waals surface area contributed by atoms with Crippen LogP contribution in [0.1, 0.15) is 24.0 Å². The van der Waals surface area contributed by atoms with Crippen molar-refractivity contribution in [3.8, 4) is 0 Å². The lowest BCUT2D eigenvalue weighted by molar-refractivity contribution is 0.523. The van der Waals surface area contributed by atoms with Gasteiger partial charge in [0.05, 0.1) is 0 Å². The van der Waals surface area contributed by atoms with Crippen molar-refractivity contribution in [3.05, 3.63) is 29.3 Å². The van der Waals surface area contributed by atoms with Crippen LogP contribution in [0.2, 0.25) is 0 Å². The van der Waals surface area contributed by atoms with Crippen molar-refractivity contribution in [3.63, 3.8) is 0 Å². The van der Waals surface area contributed by atoms with Crippen LogP contribution >= 0.6 is 0 Å². The van der Waals surface area contributed by atoms with Crippen LogP contribution in [0.15, 0.2) is 18.2 Å².